The van der Waals surface area contributed by atoms with E-state index in [1.807, 2.05) is 18.7 Å². The number of amides is 2. The summed E-state index contributed by atoms with van der Waals surface area (Å²) in [6.45, 7) is 6.90. The van der Waals surface area contributed by atoms with Crippen LogP contribution in [0.25, 0.3) is 0 Å². The molecule has 1 fully saturated rings. The normalized spacial score (nSPS) is 16.9. The second-order valence-electron chi connectivity index (χ2n) is 6.39. The minimum atomic E-state index is -0.201. The molecule has 27 heavy (non-hydrogen) atoms. The zero-order valence-electron chi connectivity index (χ0n) is 16.0. The summed E-state index contributed by atoms with van der Waals surface area (Å²) in [7, 11) is 0. The highest BCUT2D eigenvalue weighted by Gasteiger charge is 2.25. The summed E-state index contributed by atoms with van der Waals surface area (Å²) in [6, 6.07) is 6.29. The van der Waals surface area contributed by atoms with E-state index in [2.05, 4.69) is 20.9 Å². The number of aromatic hydroxyl groups is 1. The highest BCUT2D eigenvalue weighted by Crippen LogP contribution is 2.10. The van der Waals surface area contributed by atoms with Crippen molar-refractivity contribution in [2.75, 3.05) is 32.7 Å². The van der Waals surface area contributed by atoms with Crippen LogP contribution >= 0.6 is 0 Å². The van der Waals surface area contributed by atoms with Crippen LogP contribution < -0.4 is 16.0 Å². The molecule has 8 heteroatoms. The van der Waals surface area contributed by atoms with Gasteiger partial charge in [0.05, 0.1) is 6.54 Å². The van der Waals surface area contributed by atoms with Crippen LogP contribution in [0.3, 0.4) is 0 Å². The van der Waals surface area contributed by atoms with Crippen LogP contribution in [0, 0.1) is 0 Å². The monoisotopic (exact) mass is 375 g/mol. The van der Waals surface area contributed by atoms with Gasteiger partial charge in [-0.2, -0.15) is 0 Å². The molecule has 0 bridgehead atoms. The Morgan fingerprint density at radius 1 is 1.22 bits per heavy atom. The molecule has 1 saturated heterocycles. The Kier molecular flexibility index (Phi) is 7.91. The summed E-state index contributed by atoms with van der Waals surface area (Å²) in [5, 5.41) is 18.6. The number of likely N-dealkylation sites (tertiary alicyclic amines) is 1. The fraction of sp³-hybridized carbons (Fsp3) is 0.526. The van der Waals surface area contributed by atoms with Crippen molar-refractivity contribution < 1.29 is 14.7 Å². The van der Waals surface area contributed by atoms with Crippen molar-refractivity contribution in [3.63, 3.8) is 0 Å². The van der Waals surface area contributed by atoms with Gasteiger partial charge in [0.1, 0.15) is 5.75 Å². The Labute approximate surface area is 160 Å². The molecule has 4 N–H and O–H groups in total. The first-order valence-electron chi connectivity index (χ1n) is 9.43. The van der Waals surface area contributed by atoms with E-state index in [4.69, 9.17) is 0 Å². The minimum Gasteiger partial charge on any atom is -0.508 e. The molecule has 1 heterocycles. The van der Waals surface area contributed by atoms with Gasteiger partial charge in [0.25, 0.3) is 5.91 Å². The standard InChI is InChI=1S/C19H29N5O3/c1-3-17(26)24-12-9-15(13-24)23-19(20-4-2)22-11-10-21-18(27)14-5-7-16(25)8-6-14/h5-8,15,25H,3-4,9-13H2,1-2H3,(H,21,27)(H2,20,22,23). The number of phenolic OH excluding ortho intramolecular Hbond substituents is 1. The van der Waals surface area contributed by atoms with E-state index in [-0.39, 0.29) is 23.6 Å². The van der Waals surface area contributed by atoms with Gasteiger partial charge in [0.2, 0.25) is 5.91 Å². The number of guanidine groups is 1. The highest BCUT2D eigenvalue weighted by molar-refractivity contribution is 5.94. The number of phenols is 1. The van der Waals surface area contributed by atoms with E-state index < -0.39 is 0 Å². The first-order chi connectivity index (χ1) is 13.0. The molecule has 2 rings (SSSR count). The quantitative estimate of drug-likeness (QED) is 0.319. The number of nitrogens with zero attached hydrogens (tertiary/aromatic N) is 2. The van der Waals surface area contributed by atoms with E-state index in [9.17, 15) is 14.7 Å². The summed E-state index contributed by atoms with van der Waals surface area (Å²) in [4.78, 5) is 30.2. The third kappa shape index (κ3) is 6.47. The Morgan fingerprint density at radius 3 is 2.63 bits per heavy atom. The minimum absolute atomic E-state index is 0.128. The van der Waals surface area contributed by atoms with Gasteiger partial charge < -0.3 is 26.0 Å². The number of benzene rings is 1. The van der Waals surface area contributed by atoms with Gasteiger partial charge in [0.15, 0.2) is 5.96 Å². The first kappa shape index (κ1) is 20.5. The van der Waals surface area contributed by atoms with E-state index >= 15 is 0 Å². The van der Waals surface area contributed by atoms with Gasteiger partial charge in [-0.15, -0.1) is 0 Å². The Bertz CT molecular complexity index is 660. The lowest BCUT2D eigenvalue weighted by Gasteiger charge is -2.18. The SMILES string of the molecule is CCNC(=NCCNC(=O)c1ccc(O)cc1)NC1CCN(C(=O)CC)C1. The highest BCUT2D eigenvalue weighted by atomic mass is 16.3. The molecule has 0 aliphatic carbocycles. The molecule has 0 saturated carbocycles. The molecule has 0 aromatic heterocycles. The Morgan fingerprint density at radius 2 is 1.96 bits per heavy atom. The lowest BCUT2D eigenvalue weighted by Crippen LogP contribution is -2.45. The predicted octanol–water partition coefficient (Wildman–Crippen LogP) is 0.688. The van der Waals surface area contributed by atoms with Crippen LogP contribution in [0.15, 0.2) is 29.3 Å². The molecule has 0 spiro atoms. The third-order valence-corrected chi connectivity index (χ3v) is 4.33. The van der Waals surface area contributed by atoms with Gasteiger partial charge in [-0.3, -0.25) is 14.6 Å². The zero-order valence-corrected chi connectivity index (χ0v) is 16.0. The molecule has 0 radical (unpaired) electrons. The summed E-state index contributed by atoms with van der Waals surface area (Å²) in [5.74, 6) is 0.793. The van der Waals surface area contributed by atoms with Crippen molar-refractivity contribution in [3.05, 3.63) is 29.8 Å². The molecular weight excluding hydrogens is 346 g/mol. The van der Waals surface area contributed by atoms with Crippen LogP contribution in [0.1, 0.15) is 37.0 Å². The van der Waals surface area contributed by atoms with Crippen molar-refractivity contribution in [2.45, 2.75) is 32.7 Å². The van der Waals surface area contributed by atoms with Crippen LogP contribution in [-0.4, -0.2) is 66.5 Å². The third-order valence-electron chi connectivity index (χ3n) is 4.33. The van der Waals surface area contributed by atoms with Gasteiger partial charge in [-0.1, -0.05) is 6.92 Å². The number of hydrogen-bond acceptors (Lipinski definition) is 4. The second-order valence-corrected chi connectivity index (χ2v) is 6.39. The topological polar surface area (TPSA) is 106 Å². The van der Waals surface area contributed by atoms with Gasteiger partial charge in [-0.25, -0.2) is 0 Å². The Hall–Kier alpha value is -2.77. The summed E-state index contributed by atoms with van der Waals surface area (Å²) < 4.78 is 0. The first-order valence-corrected chi connectivity index (χ1v) is 9.43. The maximum absolute atomic E-state index is 12.0. The molecule has 1 aliphatic heterocycles. The number of hydrogen-bond donors (Lipinski definition) is 4. The maximum Gasteiger partial charge on any atom is 0.251 e. The molecule has 2 amide bonds. The molecule has 1 aromatic carbocycles. The summed E-state index contributed by atoms with van der Waals surface area (Å²) in [6.07, 6.45) is 1.43. The lowest BCUT2D eigenvalue weighted by molar-refractivity contribution is -0.129. The molecule has 1 aromatic rings. The van der Waals surface area contributed by atoms with E-state index in [1.165, 1.54) is 12.1 Å². The van der Waals surface area contributed by atoms with Gasteiger partial charge in [-0.05, 0) is 37.6 Å². The number of carbonyl (C=O) groups excluding carboxylic acids is 2. The molecule has 148 valence electrons. The average molecular weight is 375 g/mol. The van der Waals surface area contributed by atoms with Gasteiger partial charge in [0, 0.05) is 44.2 Å². The number of rotatable bonds is 7. The van der Waals surface area contributed by atoms with Crippen molar-refractivity contribution in [2.24, 2.45) is 4.99 Å². The zero-order chi connectivity index (χ0) is 19.6. The lowest BCUT2D eigenvalue weighted by atomic mass is 10.2. The predicted molar refractivity (Wildman–Crippen MR) is 105 cm³/mol. The molecule has 8 nitrogen and oxygen atoms in total. The number of carbonyl (C=O) groups is 2. The number of nitrogens with one attached hydrogen (secondary N) is 3. The van der Waals surface area contributed by atoms with Crippen LogP contribution in [0.5, 0.6) is 5.75 Å². The average Bonchev–Trinajstić information content (AvgIpc) is 3.13. The fourth-order valence-electron chi connectivity index (χ4n) is 2.89. The van der Waals surface area contributed by atoms with Gasteiger partial charge >= 0.3 is 0 Å². The van der Waals surface area contributed by atoms with Crippen molar-refractivity contribution in [3.8, 4) is 5.75 Å². The van der Waals surface area contributed by atoms with Crippen LogP contribution in [-0.2, 0) is 4.79 Å². The van der Waals surface area contributed by atoms with E-state index in [1.54, 1.807) is 12.1 Å². The maximum atomic E-state index is 12.0. The van der Waals surface area contributed by atoms with Crippen molar-refractivity contribution in [1.29, 1.82) is 0 Å². The molecule has 1 unspecified atom stereocenters. The molecule has 1 atom stereocenters. The fourth-order valence-corrected chi connectivity index (χ4v) is 2.89. The largest absolute Gasteiger partial charge is 0.508 e. The second kappa shape index (κ2) is 10.4. The number of aliphatic imine (C=N–C) groups is 1. The van der Waals surface area contributed by atoms with Crippen LogP contribution in [0.4, 0.5) is 0 Å². The summed E-state index contributed by atoms with van der Waals surface area (Å²) >= 11 is 0. The molecular formula is C19H29N5O3. The Balaban J connectivity index is 1.78. The van der Waals surface area contributed by atoms with E-state index in [0.717, 1.165) is 19.5 Å². The smallest absolute Gasteiger partial charge is 0.251 e. The van der Waals surface area contributed by atoms with Crippen molar-refractivity contribution >= 4 is 17.8 Å². The van der Waals surface area contributed by atoms with Crippen LogP contribution in [0.2, 0.25) is 0 Å². The van der Waals surface area contributed by atoms with E-state index in [0.29, 0.717) is 37.6 Å². The van der Waals surface area contributed by atoms with Crippen molar-refractivity contribution in [1.82, 2.24) is 20.9 Å². The summed E-state index contributed by atoms with van der Waals surface area (Å²) in [5.41, 5.74) is 0.494. The molecule has 1 aliphatic rings.